The van der Waals surface area contributed by atoms with Gasteiger partial charge in [-0.2, -0.15) is 13.2 Å². The van der Waals surface area contributed by atoms with Crippen molar-refractivity contribution in [3.05, 3.63) is 29.3 Å². The molecule has 0 radical (unpaired) electrons. The second kappa shape index (κ2) is 5.72. The van der Waals surface area contributed by atoms with Gasteiger partial charge in [-0.1, -0.05) is 6.07 Å². The number of carboxylic acids is 1. The lowest BCUT2D eigenvalue weighted by Gasteiger charge is -2.20. The molecule has 0 aliphatic carbocycles. The smallest absolute Gasteiger partial charge is 0.504 e. The van der Waals surface area contributed by atoms with Crippen molar-refractivity contribution in [3.8, 4) is 5.75 Å². The summed E-state index contributed by atoms with van der Waals surface area (Å²) in [7, 11) is -0.897. The van der Waals surface area contributed by atoms with Gasteiger partial charge in [-0.15, -0.1) is 0 Å². The number of carbonyl (C=O) groups is 1. The van der Waals surface area contributed by atoms with Crippen LogP contribution in [0, 0.1) is 0 Å². The van der Waals surface area contributed by atoms with Gasteiger partial charge in [-0.05, 0) is 24.6 Å². The van der Waals surface area contributed by atoms with Gasteiger partial charge in [0.1, 0.15) is 11.3 Å². The zero-order chi connectivity index (χ0) is 15.6. The van der Waals surface area contributed by atoms with Crippen LogP contribution in [0.4, 0.5) is 13.2 Å². The van der Waals surface area contributed by atoms with E-state index in [0.717, 1.165) is 12.1 Å². The van der Waals surface area contributed by atoms with Crippen LogP contribution in [-0.4, -0.2) is 29.3 Å². The Labute approximate surface area is 113 Å². The normalized spacial score (nSPS) is 14.5. The molecule has 0 bridgehead atoms. The molecule has 0 unspecified atom stereocenters. The molecule has 1 rings (SSSR count). The third kappa shape index (κ3) is 3.88. The topological polar surface area (TPSA) is 92.8 Å². The fourth-order valence-electron chi connectivity index (χ4n) is 1.60. The van der Waals surface area contributed by atoms with Gasteiger partial charge < -0.3 is 20.5 Å². The quantitative estimate of drug-likeness (QED) is 0.694. The average Bonchev–Trinajstić information content (AvgIpc) is 2.29. The molecular weight excluding hydrogens is 278 g/mol. The summed E-state index contributed by atoms with van der Waals surface area (Å²) in [6.07, 6.45) is -4.96. The maximum atomic E-state index is 12.8. The number of nitrogens with two attached hydrogens (primary N) is 1. The van der Waals surface area contributed by atoms with E-state index in [1.165, 1.54) is 13.0 Å². The Morgan fingerprint density at radius 2 is 2.05 bits per heavy atom. The third-order valence-corrected chi connectivity index (χ3v) is 2.63. The maximum Gasteiger partial charge on any atom is 0.504 e. The van der Waals surface area contributed by atoms with Crippen molar-refractivity contribution in [2.24, 2.45) is 5.73 Å². The molecule has 0 spiro atoms. The Bertz CT molecular complexity index is 505. The number of alkyl halides is 3. The summed E-state index contributed by atoms with van der Waals surface area (Å²) in [5.41, 5.74) is 2.83. The van der Waals surface area contributed by atoms with Crippen molar-refractivity contribution in [3.63, 3.8) is 0 Å². The summed E-state index contributed by atoms with van der Waals surface area (Å²) in [6.45, 7) is 1.21. The number of carboxylic acid groups (broad SMARTS) is 1. The van der Waals surface area contributed by atoms with Gasteiger partial charge in [-0.25, -0.2) is 0 Å². The predicted molar refractivity (Wildman–Crippen MR) is 65.4 cm³/mol. The molecule has 0 saturated heterocycles. The highest BCUT2D eigenvalue weighted by molar-refractivity contribution is 6.17. The van der Waals surface area contributed by atoms with Crippen LogP contribution in [0.1, 0.15) is 18.1 Å². The third-order valence-electron chi connectivity index (χ3n) is 2.63. The Morgan fingerprint density at radius 3 is 2.50 bits per heavy atom. The highest BCUT2D eigenvalue weighted by atomic mass is 19.4. The fraction of sp³-hybridized carbons (Fsp3) is 0.364. The first-order chi connectivity index (χ1) is 9.08. The molecule has 0 aromatic heterocycles. The molecule has 0 aliphatic rings. The lowest BCUT2D eigenvalue weighted by atomic mass is 9.93. The van der Waals surface area contributed by atoms with Crippen LogP contribution in [0.25, 0.3) is 0 Å². The highest BCUT2D eigenvalue weighted by Crippen LogP contribution is 2.37. The van der Waals surface area contributed by atoms with E-state index in [-0.39, 0.29) is 12.0 Å². The second-order valence-corrected chi connectivity index (χ2v) is 4.50. The fourth-order valence-corrected chi connectivity index (χ4v) is 1.60. The standard InChI is InChI=1S/C11H13BF3NO4/c1-10(16,9(17)18)5-6-2-3-8(20-12-19)7(4-6)11(13,14)15/h2-4,12,19H,5,16H2,1H3,(H,17,18)/t10-/m0/s1. The van der Waals surface area contributed by atoms with E-state index in [0.29, 0.717) is 0 Å². The van der Waals surface area contributed by atoms with E-state index < -0.39 is 36.7 Å². The summed E-state index contributed by atoms with van der Waals surface area (Å²) in [5, 5.41) is 17.4. The van der Waals surface area contributed by atoms with Gasteiger partial charge in [0.05, 0.1) is 5.56 Å². The minimum atomic E-state index is -4.69. The Hall–Kier alpha value is -1.74. The zero-order valence-electron chi connectivity index (χ0n) is 10.6. The van der Waals surface area contributed by atoms with Gasteiger partial charge in [0, 0.05) is 6.42 Å². The van der Waals surface area contributed by atoms with Crippen molar-refractivity contribution in [2.75, 3.05) is 0 Å². The van der Waals surface area contributed by atoms with Crippen molar-refractivity contribution in [2.45, 2.75) is 25.1 Å². The molecular formula is C11H13BF3NO4. The van der Waals surface area contributed by atoms with Gasteiger partial charge >= 0.3 is 19.8 Å². The minimum Gasteiger partial charge on any atom is -0.538 e. The summed E-state index contributed by atoms with van der Waals surface area (Å²) in [5.74, 6) is -1.85. The van der Waals surface area contributed by atoms with Crippen molar-refractivity contribution in [1.82, 2.24) is 0 Å². The molecule has 0 aliphatic heterocycles. The van der Waals surface area contributed by atoms with E-state index in [1.807, 2.05) is 0 Å². The molecule has 110 valence electrons. The minimum absolute atomic E-state index is 0.106. The van der Waals surface area contributed by atoms with Crippen LogP contribution in [-0.2, 0) is 17.4 Å². The molecule has 0 saturated carbocycles. The average molecular weight is 291 g/mol. The van der Waals surface area contributed by atoms with Crippen LogP contribution in [0.3, 0.4) is 0 Å². The predicted octanol–water partition coefficient (Wildman–Crippen LogP) is 0.688. The number of aliphatic carboxylic acids is 1. The van der Waals surface area contributed by atoms with Crippen molar-refractivity contribution >= 4 is 13.7 Å². The lowest BCUT2D eigenvalue weighted by Crippen LogP contribution is -2.46. The second-order valence-electron chi connectivity index (χ2n) is 4.50. The van der Waals surface area contributed by atoms with E-state index in [4.69, 9.17) is 15.9 Å². The Kier molecular flexibility index (Phi) is 4.67. The van der Waals surface area contributed by atoms with Crippen LogP contribution in [0.5, 0.6) is 5.75 Å². The van der Waals surface area contributed by atoms with E-state index in [1.54, 1.807) is 0 Å². The molecule has 1 atom stereocenters. The van der Waals surface area contributed by atoms with E-state index >= 15 is 0 Å². The maximum absolute atomic E-state index is 12.8. The van der Waals surface area contributed by atoms with Gasteiger partial charge in [0.25, 0.3) is 0 Å². The zero-order valence-corrected chi connectivity index (χ0v) is 10.6. The summed E-state index contributed by atoms with van der Waals surface area (Å²) in [6, 6.07) is 3.06. The molecule has 0 amide bonds. The van der Waals surface area contributed by atoms with Crippen molar-refractivity contribution < 1.29 is 32.8 Å². The molecule has 0 heterocycles. The van der Waals surface area contributed by atoms with E-state index in [9.17, 15) is 18.0 Å². The van der Waals surface area contributed by atoms with Crippen LogP contribution < -0.4 is 10.4 Å². The molecule has 4 N–H and O–H groups in total. The number of halogens is 3. The highest BCUT2D eigenvalue weighted by Gasteiger charge is 2.35. The van der Waals surface area contributed by atoms with Crippen LogP contribution in [0.15, 0.2) is 18.2 Å². The molecule has 0 fully saturated rings. The molecule has 5 nitrogen and oxygen atoms in total. The van der Waals surface area contributed by atoms with Crippen LogP contribution >= 0.6 is 0 Å². The SMILES string of the molecule is C[C@](N)(Cc1ccc(OBO)c(C(F)(F)F)c1)C(=O)O. The Morgan fingerprint density at radius 1 is 1.45 bits per heavy atom. The van der Waals surface area contributed by atoms with Gasteiger partial charge in [-0.3, -0.25) is 4.79 Å². The summed E-state index contributed by atoms with van der Waals surface area (Å²) in [4.78, 5) is 10.9. The number of benzene rings is 1. The van der Waals surface area contributed by atoms with E-state index in [2.05, 4.69) is 4.65 Å². The Balaban J connectivity index is 3.16. The number of hydrogen-bond acceptors (Lipinski definition) is 4. The summed E-state index contributed by atoms with van der Waals surface area (Å²) >= 11 is 0. The lowest BCUT2D eigenvalue weighted by molar-refractivity contribution is -0.142. The van der Waals surface area contributed by atoms with Crippen LogP contribution in [0.2, 0.25) is 0 Å². The molecule has 9 heteroatoms. The summed E-state index contributed by atoms with van der Waals surface area (Å²) < 4.78 is 43.0. The first kappa shape index (κ1) is 16.3. The van der Waals surface area contributed by atoms with Gasteiger partial charge in [0.2, 0.25) is 0 Å². The first-order valence-corrected chi connectivity index (χ1v) is 5.54. The number of rotatable bonds is 5. The first-order valence-electron chi connectivity index (χ1n) is 5.54. The van der Waals surface area contributed by atoms with Crippen molar-refractivity contribution in [1.29, 1.82) is 0 Å². The molecule has 1 aromatic carbocycles. The molecule has 1 aromatic rings. The monoisotopic (exact) mass is 291 g/mol. The largest absolute Gasteiger partial charge is 0.538 e. The number of hydrogen-bond donors (Lipinski definition) is 3. The molecule has 20 heavy (non-hydrogen) atoms. The van der Waals surface area contributed by atoms with Gasteiger partial charge in [0.15, 0.2) is 0 Å².